The lowest BCUT2D eigenvalue weighted by molar-refractivity contribution is 0.107. The molecule has 2 rings (SSSR count). The molecule has 0 aliphatic rings. The number of imidazole rings is 1. The summed E-state index contributed by atoms with van der Waals surface area (Å²) in [5.74, 6) is 0. The molecule has 0 atom stereocenters. The van der Waals surface area contributed by atoms with Crippen molar-refractivity contribution in [3.05, 3.63) is 54.1 Å². The third-order valence-electron chi connectivity index (χ3n) is 2.49. The molecule has 100 valence electrons. The first-order valence-corrected chi connectivity index (χ1v) is 7.14. The lowest BCUT2D eigenvalue weighted by Gasteiger charge is -2.04. The molecule has 1 aromatic heterocycles. The number of benzene rings is 1. The van der Waals surface area contributed by atoms with Crippen molar-refractivity contribution in [1.82, 2.24) is 14.7 Å². The predicted octanol–water partition coefficient (Wildman–Crippen LogP) is 0.712. The van der Waals surface area contributed by atoms with E-state index >= 15 is 0 Å². The number of carbonyl (C=O) groups is 1. The number of hydrogen-bond acceptors (Lipinski definition) is 4. The molecular weight excluding hydrogens is 266 g/mol. The summed E-state index contributed by atoms with van der Waals surface area (Å²) in [5, 5.41) is -0.919. The molecule has 0 saturated carbocycles. The van der Waals surface area contributed by atoms with Crippen LogP contribution in [0, 0.1) is 0 Å². The van der Waals surface area contributed by atoms with Crippen molar-refractivity contribution in [1.29, 1.82) is 0 Å². The molecule has 0 aliphatic carbocycles. The first-order chi connectivity index (χ1) is 9.09. The maximum absolute atomic E-state index is 11.8. The molecule has 0 amide bonds. The van der Waals surface area contributed by atoms with Gasteiger partial charge in [0.2, 0.25) is 0 Å². The normalized spacial score (nSPS) is 11.4. The minimum Gasteiger partial charge on any atom is -0.348 e. The second-order valence-electron chi connectivity index (χ2n) is 3.88. The smallest absolute Gasteiger partial charge is 0.291 e. The highest BCUT2D eigenvalue weighted by atomic mass is 32.2. The van der Waals surface area contributed by atoms with E-state index in [1.807, 2.05) is 0 Å². The van der Waals surface area contributed by atoms with Gasteiger partial charge in [-0.3, -0.25) is 4.79 Å². The fraction of sp³-hybridized carbons (Fsp3) is 0.167. The van der Waals surface area contributed by atoms with Crippen molar-refractivity contribution in [3.63, 3.8) is 0 Å². The van der Waals surface area contributed by atoms with Gasteiger partial charge in [0.1, 0.15) is 0 Å². The van der Waals surface area contributed by atoms with Gasteiger partial charge < -0.3 is 4.98 Å². The van der Waals surface area contributed by atoms with Crippen LogP contribution in [0.3, 0.4) is 0 Å². The number of aromatic amines is 1. The standard InChI is InChI=1S/C12H13N3O3S/c16-12(10-4-2-1-3-5-10)19(17,18)15-7-6-11-8-13-9-14-11/h1-5,8-9,15H,6-7H2,(H,13,14). The van der Waals surface area contributed by atoms with Gasteiger partial charge in [0, 0.05) is 30.4 Å². The van der Waals surface area contributed by atoms with Crippen LogP contribution >= 0.6 is 0 Å². The zero-order valence-corrected chi connectivity index (χ0v) is 10.9. The topological polar surface area (TPSA) is 91.9 Å². The largest absolute Gasteiger partial charge is 0.348 e. The van der Waals surface area contributed by atoms with Crippen LogP contribution in [0.1, 0.15) is 16.1 Å². The third-order valence-corrected chi connectivity index (χ3v) is 3.80. The van der Waals surface area contributed by atoms with Crippen LogP contribution < -0.4 is 4.72 Å². The summed E-state index contributed by atoms with van der Waals surface area (Å²) in [6, 6.07) is 7.89. The van der Waals surface area contributed by atoms with E-state index in [4.69, 9.17) is 0 Å². The molecule has 1 heterocycles. The van der Waals surface area contributed by atoms with Gasteiger partial charge in [0.05, 0.1) is 6.33 Å². The SMILES string of the molecule is O=C(c1ccccc1)S(=O)(=O)NCCc1cnc[nH]1. The molecule has 2 aromatic rings. The fourth-order valence-corrected chi connectivity index (χ4v) is 2.48. The van der Waals surface area contributed by atoms with Gasteiger partial charge in [-0.25, -0.2) is 18.1 Å². The molecule has 0 fully saturated rings. The van der Waals surface area contributed by atoms with Gasteiger partial charge in [0.25, 0.3) is 15.1 Å². The minimum atomic E-state index is -3.99. The van der Waals surface area contributed by atoms with Gasteiger partial charge >= 0.3 is 0 Å². The lowest BCUT2D eigenvalue weighted by Crippen LogP contribution is -2.32. The monoisotopic (exact) mass is 279 g/mol. The number of sulfonamides is 1. The Morgan fingerprint density at radius 3 is 2.63 bits per heavy atom. The Labute approximate surface area is 110 Å². The van der Waals surface area contributed by atoms with Gasteiger partial charge in [0.15, 0.2) is 0 Å². The van der Waals surface area contributed by atoms with Crippen LogP contribution in [-0.2, 0) is 16.4 Å². The second kappa shape index (κ2) is 5.77. The first-order valence-electron chi connectivity index (χ1n) is 5.66. The number of H-pyrrole nitrogens is 1. The molecule has 6 nitrogen and oxygen atoms in total. The summed E-state index contributed by atoms with van der Waals surface area (Å²) in [5.41, 5.74) is 0.950. The Balaban J connectivity index is 1.97. The van der Waals surface area contributed by atoms with Crippen LogP contribution in [0.4, 0.5) is 0 Å². The molecule has 19 heavy (non-hydrogen) atoms. The molecule has 0 aliphatic heterocycles. The number of nitrogens with one attached hydrogen (secondary N) is 2. The highest BCUT2D eigenvalue weighted by Crippen LogP contribution is 2.04. The van der Waals surface area contributed by atoms with Gasteiger partial charge in [-0.1, -0.05) is 30.3 Å². The molecule has 0 unspecified atom stereocenters. The second-order valence-corrected chi connectivity index (χ2v) is 5.54. The lowest BCUT2D eigenvalue weighted by atomic mass is 10.2. The van der Waals surface area contributed by atoms with E-state index in [1.54, 1.807) is 24.4 Å². The Bertz CT molecular complexity index is 636. The van der Waals surface area contributed by atoms with Crippen LogP contribution in [0.5, 0.6) is 0 Å². The maximum Gasteiger partial charge on any atom is 0.291 e. The van der Waals surface area contributed by atoms with E-state index in [-0.39, 0.29) is 12.1 Å². The molecule has 0 spiro atoms. The molecule has 0 bridgehead atoms. The van der Waals surface area contributed by atoms with Gasteiger partial charge in [-0.05, 0) is 0 Å². The Hall–Kier alpha value is -1.99. The van der Waals surface area contributed by atoms with E-state index in [0.717, 1.165) is 5.69 Å². The van der Waals surface area contributed by atoms with Crippen LogP contribution in [0.15, 0.2) is 42.9 Å². The van der Waals surface area contributed by atoms with Crippen molar-refractivity contribution in [2.45, 2.75) is 6.42 Å². The third kappa shape index (κ3) is 3.49. The number of nitrogens with zero attached hydrogens (tertiary/aromatic N) is 1. The number of hydrogen-bond donors (Lipinski definition) is 2. The summed E-state index contributed by atoms with van der Waals surface area (Å²) in [4.78, 5) is 18.5. The molecule has 2 N–H and O–H groups in total. The van der Waals surface area contributed by atoms with E-state index in [9.17, 15) is 13.2 Å². The van der Waals surface area contributed by atoms with E-state index in [0.29, 0.717) is 6.42 Å². The quantitative estimate of drug-likeness (QED) is 0.843. The van der Waals surface area contributed by atoms with E-state index in [2.05, 4.69) is 14.7 Å². The van der Waals surface area contributed by atoms with Crippen LogP contribution in [0.25, 0.3) is 0 Å². The summed E-state index contributed by atoms with van der Waals surface area (Å²) in [7, 11) is -3.99. The first kappa shape index (κ1) is 13.4. The van der Waals surface area contributed by atoms with Crippen molar-refractivity contribution in [2.24, 2.45) is 0 Å². The van der Waals surface area contributed by atoms with Gasteiger partial charge in [-0.15, -0.1) is 0 Å². The molecule has 0 saturated heterocycles. The number of aromatic nitrogens is 2. The Morgan fingerprint density at radius 1 is 1.26 bits per heavy atom. The predicted molar refractivity (Wildman–Crippen MR) is 70.0 cm³/mol. The van der Waals surface area contributed by atoms with Crippen molar-refractivity contribution >= 4 is 15.1 Å². The van der Waals surface area contributed by atoms with Crippen LogP contribution in [-0.4, -0.2) is 30.0 Å². The van der Waals surface area contributed by atoms with Crippen LogP contribution in [0.2, 0.25) is 0 Å². The average Bonchev–Trinajstić information content (AvgIpc) is 2.92. The summed E-state index contributed by atoms with van der Waals surface area (Å²) >= 11 is 0. The minimum absolute atomic E-state index is 0.142. The van der Waals surface area contributed by atoms with Crippen molar-refractivity contribution < 1.29 is 13.2 Å². The number of carbonyl (C=O) groups excluding carboxylic acids is 1. The Morgan fingerprint density at radius 2 is 2.00 bits per heavy atom. The van der Waals surface area contributed by atoms with Crippen molar-refractivity contribution in [2.75, 3.05) is 6.54 Å². The highest BCUT2D eigenvalue weighted by molar-refractivity contribution is 8.04. The fourth-order valence-electron chi connectivity index (χ4n) is 1.54. The van der Waals surface area contributed by atoms with E-state index < -0.39 is 15.1 Å². The zero-order chi connectivity index (χ0) is 13.7. The summed E-state index contributed by atoms with van der Waals surface area (Å²) in [6.07, 6.45) is 3.56. The number of rotatable bonds is 5. The summed E-state index contributed by atoms with van der Waals surface area (Å²) in [6.45, 7) is 0.142. The maximum atomic E-state index is 11.8. The molecule has 7 heteroatoms. The van der Waals surface area contributed by atoms with Gasteiger partial charge in [-0.2, -0.15) is 0 Å². The highest BCUT2D eigenvalue weighted by Gasteiger charge is 2.22. The Kier molecular flexibility index (Phi) is 4.08. The average molecular weight is 279 g/mol. The molecule has 1 aromatic carbocycles. The molecular formula is C12H13N3O3S. The summed E-state index contributed by atoms with van der Waals surface area (Å²) < 4.78 is 25.8. The zero-order valence-electron chi connectivity index (χ0n) is 10.0. The van der Waals surface area contributed by atoms with Crippen molar-refractivity contribution in [3.8, 4) is 0 Å². The van der Waals surface area contributed by atoms with E-state index in [1.165, 1.54) is 18.5 Å². The molecule has 0 radical (unpaired) electrons.